The first-order valence-corrected chi connectivity index (χ1v) is 13.3. The van der Waals surface area contributed by atoms with Crippen molar-refractivity contribution in [2.75, 3.05) is 23.9 Å². The van der Waals surface area contributed by atoms with Crippen LogP contribution in [0.25, 0.3) is 6.08 Å². The smallest absolute Gasteiger partial charge is 0.323 e. The summed E-state index contributed by atoms with van der Waals surface area (Å²) in [5.41, 5.74) is 1.32. The van der Waals surface area contributed by atoms with Gasteiger partial charge in [-0.1, -0.05) is 41.9 Å². The number of benzene rings is 3. The molecule has 0 aliphatic carbocycles. The molecule has 0 radical (unpaired) electrons. The van der Waals surface area contributed by atoms with Crippen molar-refractivity contribution >= 4 is 65.8 Å². The van der Waals surface area contributed by atoms with Gasteiger partial charge in [0, 0.05) is 42.5 Å². The summed E-state index contributed by atoms with van der Waals surface area (Å²) in [4.78, 5) is 50.4. The second-order valence-corrected chi connectivity index (χ2v) is 9.74. The van der Waals surface area contributed by atoms with Crippen LogP contribution in [0.3, 0.4) is 0 Å². The van der Waals surface area contributed by atoms with E-state index in [1.807, 2.05) is 0 Å². The largest absolute Gasteiger partial charge is 0.480 e. The molecule has 1 atom stereocenters. The molecule has 0 spiro atoms. The standard InChI is InChI=1S/C30H29ClFN7O5/c1-34-35-18-39(33)26-12-9-21(31)15-20(26)8-13-27(40)37-25(14-19-6-4-3-5-7-19)29(43)36-22-10-11-23(24(32)16-22)30(44)38(2)17-28(41)42/h3-13,15-16,18,25H,1,14,17,33H2,2H3,(H,36,43)(H,37,40)(H,41,42)/b13-8+,35-18-/t25-/m0/s1. The van der Waals surface area contributed by atoms with E-state index < -0.39 is 42.1 Å². The highest BCUT2D eigenvalue weighted by Crippen LogP contribution is 2.24. The average molecular weight is 622 g/mol. The summed E-state index contributed by atoms with van der Waals surface area (Å²) >= 11 is 6.13. The fraction of sp³-hybridized carbons (Fsp3) is 0.133. The molecule has 14 heteroatoms. The van der Waals surface area contributed by atoms with E-state index in [2.05, 4.69) is 27.6 Å². The number of nitrogens with two attached hydrogens (primary N) is 1. The fourth-order valence-corrected chi connectivity index (χ4v) is 4.15. The van der Waals surface area contributed by atoms with Crippen molar-refractivity contribution in [3.63, 3.8) is 0 Å². The maximum Gasteiger partial charge on any atom is 0.323 e. The Kier molecular flexibility index (Phi) is 11.8. The third-order valence-electron chi connectivity index (χ3n) is 6.04. The van der Waals surface area contributed by atoms with Gasteiger partial charge in [0.1, 0.15) is 24.7 Å². The van der Waals surface area contributed by atoms with Crippen molar-refractivity contribution in [1.82, 2.24) is 10.2 Å². The number of hydrogen-bond acceptors (Lipinski definition) is 7. The second kappa shape index (κ2) is 15.7. The van der Waals surface area contributed by atoms with Gasteiger partial charge in [-0.3, -0.25) is 24.2 Å². The SMILES string of the molecule is C=N/N=C\N(N)c1ccc(Cl)cc1/C=C/C(=O)N[C@@H](Cc1ccccc1)C(=O)Nc1ccc(C(=O)N(C)CC(=O)O)c(F)c1. The summed E-state index contributed by atoms with van der Waals surface area (Å²) in [6.07, 6.45) is 3.98. The molecule has 44 heavy (non-hydrogen) atoms. The van der Waals surface area contributed by atoms with Crippen LogP contribution in [0.2, 0.25) is 5.02 Å². The molecule has 5 N–H and O–H groups in total. The van der Waals surface area contributed by atoms with Crippen LogP contribution in [0.15, 0.2) is 83.0 Å². The Hall–Kier alpha value is -5.40. The molecule has 3 rings (SSSR count). The monoisotopic (exact) mass is 621 g/mol. The number of aliphatic carboxylic acids is 1. The number of hydrogen-bond donors (Lipinski definition) is 4. The van der Waals surface area contributed by atoms with Gasteiger partial charge in [-0.25, -0.2) is 10.2 Å². The van der Waals surface area contributed by atoms with Gasteiger partial charge in [-0.05, 0) is 48.0 Å². The zero-order chi connectivity index (χ0) is 32.2. The van der Waals surface area contributed by atoms with E-state index >= 15 is 0 Å². The lowest BCUT2D eigenvalue weighted by atomic mass is 10.0. The number of anilines is 2. The van der Waals surface area contributed by atoms with Crippen LogP contribution >= 0.6 is 11.6 Å². The number of halogens is 2. The number of nitrogens with one attached hydrogen (secondary N) is 2. The highest BCUT2D eigenvalue weighted by atomic mass is 35.5. The third-order valence-corrected chi connectivity index (χ3v) is 6.28. The van der Waals surface area contributed by atoms with E-state index in [0.29, 0.717) is 16.3 Å². The van der Waals surface area contributed by atoms with Crippen molar-refractivity contribution in [1.29, 1.82) is 0 Å². The zero-order valence-electron chi connectivity index (χ0n) is 23.5. The Morgan fingerprint density at radius 1 is 1.11 bits per heavy atom. The third kappa shape index (κ3) is 9.58. The lowest BCUT2D eigenvalue weighted by molar-refractivity contribution is -0.137. The highest BCUT2D eigenvalue weighted by molar-refractivity contribution is 6.30. The van der Waals surface area contributed by atoms with E-state index in [1.165, 1.54) is 31.6 Å². The van der Waals surface area contributed by atoms with Crippen LogP contribution in [0.4, 0.5) is 15.8 Å². The Bertz CT molecular complexity index is 1600. The molecule has 228 valence electrons. The fourth-order valence-electron chi connectivity index (χ4n) is 3.97. The van der Waals surface area contributed by atoms with E-state index in [0.717, 1.165) is 27.6 Å². The molecule has 0 aliphatic heterocycles. The minimum Gasteiger partial charge on any atom is -0.480 e. The number of rotatable bonds is 13. The van der Waals surface area contributed by atoms with Crippen molar-refractivity contribution in [3.8, 4) is 0 Å². The Labute approximate surface area is 257 Å². The Morgan fingerprint density at radius 2 is 1.84 bits per heavy atom. The number of carboxylic acid groups (broad SMARTS) is 1. The van der Waals surface area contributed by atoms with Gasteiger partial charge in [0.05, 0.1) is 11.3 Å². The summed E-state index contributed by atoms with van der Waals surface area (Å²) in [7, 11) is 1.23. The van der Waals surface area contributed by atoms with Gasteiger partial charge in [0.25, 0.3) is 5.91 Å². The Morgan fingerprint density at radius 3 is 2.50 bits per heavy atom. The minimum atomic E-state index is -1.25. The normalized spacial score (nSPS) is 11.6. The molecule has 0 aliphatic rings. The predicted molar refractivity (Wildman–Crippen MR) is 167 cm³/mol. The maximum atomic E-state index is 14.8. The van der Waals surface area contributed by atoms with Crippen molar-refractivity contribution in [3.05, 3.63) is 100 Å². The average Bonchev–Trinajstić information content (AvgIpc) is 2.98. The molecule has 0 aromatic heterocycles. The molecular formula is C30H29ClFN7O5. The molecule has 0 saturated heterocycles. The highest BCUT2D eigenvalue weighted by Gasteiger charge is 2.23. The molecule has 3 amide bonds. The van der Waals surface area contributed by atoms with E-state index in [4.69, 9.17) is 22.6 Å². The van der Waals surface area contributed by atoms with E-state index in [-0.39, 0.29) is 17.7 Å². The molecule has 3 aromatic rings. The quantitative estimate of drug-likeness (QED) is 0.0745. The number of likely N-dealkylation sites (N-methyl/N-ethyl adjacent to an activating group) is 1. The van der Waals surface area contributed by atoms with Gasteiger partial charge in [-0.2, -0.15) is 5.10 Å². The van der Waals surface area contributed by atoms with Crippen LogP contribution in [-0.4, -0.2) is 66.4 Å². The lowest BCUT2D eigenvalue weighted by Gasteiger charge is -2.19. The molecule has 0 saturated carbocycles. The zero-order valence-corrected chi connectivity index (χ0v) is 24.2. The van der Waals surface area contributed by atoms with Crippen LogP contribution in [0.1, 0.15) is 21.5 Å². The molecule has 12 nitrogen and oxygen atoms in total. The number of carbonyl (C=O) groups excluding carboxylic acids is 3. The van der Waals surface area contributed by atoms with Gasteiger partial charge in [-0.15, -0.1) is 5.10 Å². The number of amides is 3. The van der Waals surface area contributed by atoms with E-state index in [1.54, 1.807) is 48.5 Å². The van der Waals surface area contributed by atoms with Crippen LogP contribution < -0.4 is 21.5 Å². The van der Waals surface area contributed by atoms with E-state index in [9.17, 15) is 23.6 Å². The molecule has 0 fully saturated rings. The van der Waals surface area contributed by atoms with Gasteiger partial charge >= 0.3 is 5.97 Å². The summed E-state index contributed by atoms with van der Waals surface area (Å²) in [6, 6.07) is 16.0. The van der Waals surface area contributed by atoms with Crippen LogP contribution in [-0.2, 0) is 20.8 Å². The maximum absolute atomic E-state index is 14.8. The lowest BCUT2D eigenvalue weighted by Crippen LogP contribution is -2.44. The summed E-state index contributed by atoms with van der Waals surface area (Å²) < 4.78 is 14.8. The van der Waals surface area contributed by atoms with Gasteiger partial charge < -0.3 is 20.6 Å². The van der Waals surface area contributed by atoms with Crippen molar-refractivity contribution < 1.29 is 28.7 Å². The summed E-state index contributed by atoms with van der Waals surface area (Å²) in [5.74, 6) is 1.66. The number of nitrogens with zero attached hydrogens (tertiary/aromatic N) is 4. The molecule has 3 aromatic carbocycles. The second-order valence-electron chi connectivity index (χ2n) is 9.31. The first kappa shape index (κ1) is 33.1. The van der Waals surface area contributed by atoms with Crippen molar-refractivity contribution in [2.24, 2.45) is 16.0 Å². The molecule has 0 heterocycles. The number of carboxylic acids is 1. The number of carbonyl (C=O) groups is 4. The minimum absolute atomic E-state index is 0.0232. The topological polar surface area (TPSA) is 170 Å². The number of hydrazine groups is 1. The van der Waals surface area contributed by atoms with Gasteiger partial charge in [0.15, 0.2) is 0 Å². The first-order valence-electron chi connectivity index (χ1n) is 12.9. The predicted octanol–water partition coefficient (Wildman–Crippen LogP) is 3.34. The molecule has 0 unspecified atom stereocenters. The van der Waals surface area contributed by atoms with Gasteiger partial charge in [0.2, 0.25) is 11.8 Å². The summed E-state index contributed by atoms with van der Waals surface area (Å²) in [5, 5.41) is 22.6. The molecular weight excluding hydrogens is 593 g/mol. The van der Waals surface area contributed by atoms with Crippen LogP contribution in [0, 0.1) is 5.82 Å². The first-order chi connectivity index (χ1) is 21.0. The summed E-state index contributed by atoms with van der Waals surface area (Å²) in [6.45, 7) is 2.63. The Balaban J connectivity index is 1.80. The van der Waals surface area contributed by atoms with Crippen LogP contribution in [0.5, 0.6) is 0 Å². The van der Waals surface area contributed by atoms with Crippen molar-refractivity contribution in [2.45, 2.75) is 12.5 Å². The molecule has 0 bridgehead atoms.